The van der Waals surface area contributed by atoms with E-state index in [-0.39, 0.29) is 5.41 Å². The maximum atomic E-state index is 11.7. The Hall–Kier alpha value is -1.84. The number of phenolic OH excluding ortho intramolecular Hbond substituents is 1. The van der Waals surface area contributed by atoms with Crippen LogP contribution in [0.15, 0.2) is 48.5 Å². The van der Waals surface area contributed by atoms with Gasteiger partial charge in [0.15, 0.2) is 0 Å². The van der Waals surface area contributed by atoms with Crippen molar-refractivity contribution in [3.63, 3.8) is 0 Å². The lowest BCUT2D eigenvalue weighted by molar-refractivity contribution is -0.113. The molecule has 3 heteroatoms. The summed E-state index contributed by atoms with van der Waals surface area (Å²) >= 11 is 0. The molecule has 4 rings (SSSR count). The molecule has 3 nitrogen and oxygen atoms in total. The van der Waals surface area contributed by atoms with E-state index in [0.29, 0.717) is 18.1 Å². The van der Waals surface area contributed by atoms with Crippen LogP contribution in [0.2, 0.25) is 0 Å². The van der Waals surface area contributed by atoms with Crippen molar-refractivity contribution in [1.29, 1.82) is 0 Å². The number of nitrogens with two attached hydrogens (primary N) is 1. The molecule has 2 aromatic rings. The third-order valence-electron chi connectivity index (χ3n) is 7.22. The maximum Gasteiger partial charge on any atom is 0.115 e. The Morgan fingerprint density at radius 3 is 2.58 bits per heavy atom. The van der Waals surface area contributed by atoms with Crippen LogP contribution in [-0.4, -0.2) is 15.8 Å². The molecular weight excluding hydrogens is 322 g/mol. The van der Waals surface area contributed by atoms with Gasteiger partial charge in [-0.15, -0.1) is 0 Å². The van der Waals surface area contributed by atoms with E-state index < -0.39 is 11.1 Å². The van der Waals surface area contributed by atoms with E-state index in [1.165, 1.54) is 11.1 Å². The number of fused-ring (bicyclic) bond motifs is 3. The van der Waals surface area contributed by atoms with Crippen molar-refractivity contribution in [2.75, 3.05) is 0 Å². The number of rotatable bonds is 2. The predicted octanol–water partition coefficient (Wildman–Crippen LogP) is 4.00. The van der Waals surface area contributed by atoms with E-state index in [2.05, 4.69) is 13.0 Å². The molecule has 2 aliphatic carbocycles. The Kier molecular flexibility index (Phi) is 3.94. The molecule has 138 valence electrons. The van der Waals surface area contributed by atoms with Crippen LogP contribution < -0.4 is 5.73 Å². The van der Waals surface area contributed by atoms with Gasteiger partial charge in [-0.25, -0.2) is 0 Å². The molecule has 1 fully saturated rings. The van der Waals surface area contributed by atoms with E-state index in [1.54, 1.807) is 6.07 Å². The van der Waals surface area contributed by atoms with Crippen LogP contribution in [0.4, 0.5) is 0 Å². The monoisotopic (exact) mass is 351 g/mol. The minimum absolute atomic E-state index is 0.0359. The highest BCUT2D eigenvalue weighted by atomic mass is 16.3. The second-order valence-electron chi connectivity index (χ2n) is 8.61. The summed E-state index contributed by atoms with van der Waals surface area (Å²) in [5.41, 5.74) is 8.54. The topological polar surface area (TPSA) is 66.5 Å². The van der Waals surface area contributed by atoms with Crippen molar-refractivity contribution in [2.45, 2.75) is 62.5 Å². The first-order valence-corrected chi connectivity index (χ1v) is 9.71. The van der Waals surface area contributed by atoms with Gasteiger partial charge in [-0.3, -0.25) is 0 Å². The van der Waals surface area contributed by atoms with Crippen LogP contribution >= 0.6 is 0 Å². The highest BCUT2D eigenvalue weighted by Crippen LogP contribution is 2.59. The van der Waals surface area contributed by atoms with Gasteiger partial charge in [0.1, 0.15) is 11.4 Å². The Balaban J connectivity index is 1.83. The van der Waals surface area contributed by atoms with Crippen molar-refractivity contribution in [3.8, 4) is 5.75 Å². The van der Waals surface area contributed by atoms with Gasteiger partial charge in [-0.1, -0.05) is 43.3 Å². The second-order valence-corrected chi connectivity index (χ2v) is 8.61. The highest BCUT2D eigenvalue weighted by Gasteiger charge is 2.59. The van der Waals surface area contributed by atoms with Gasteiger partial charge in [0, 0.05) is 11.0 Å². The van der Waals surface area contributed by atoms with Crippen LogP contribution in [0.1, 0.15) is 56.2 Å². The van der Waals surface area contributed by atoms with E-state index in [0.717, 1.165) is 31.2 Å². The zero-order valence-corrected chi connectivity index (χ0v) is 15.7. The minimum Gasteiger partial charge on any atom is -0.508 e. The Morgan fingerprint density at radius 2 is 1.88 bits per heavy atom. The number of aliphatic hydroxyl groups is 1. The van der Waals surface area contributed by atoms with Gasteiger partial charge in [0.05, 0.1) is 0 Å². The Bertz CT molecular complexity index is 816. The molecule has 0 spiro atoms. The van der Waals surface area contributed by atoms with Gasteiger partial charge in [0.25, 0.3) is 0 Å². The molecule has 0 aliphatic heterocycles. The molecule has 2 aromatic carbocycles. The van der Waals surface area contributed by atoms with Crippen LogP contribution in [-0.2, 0) is 17.4 Å². The molecule has 0 aromatic heterocycles. The summed E-state index contributed by atoms with van der Waals surface area (Å²) in [4.78, 5) is 0. The number of aryl methyl sites for hydroxylation is 1. The SMILES string of the molecule is CCC12CC(C)(N)C(O)(c3ccccc3)CC1CCc1cc(O)ccc12. The number of phenols is 1. The molecule has 2 aliphatic rings. The second kappa shape index (κ2) is 5.83. The molecule has 0 heterocycles. The van der Waals surface area contributed by atoms with Gasteiger partial charge in [0.2, 0.25) is 0 Å². The van der Waals surface area contributed by atoms with Crippen LogP contribution in [0.25, 0.3) is 0 Å². The number of benzene rings is 2. The molecular formula is C23H29NO2. The summed E-state index contributed by atoms with van der Waals surface area (Å²) in [5.74, 6) is 0.715. The largest absolute Gasteiger partial charge is 0.508 e. The predicted molar refractivity (Wildman–Crippen MR) is 104 cm³/mol. The number of hydrogen-bond acceptors (Lipinski definition) is 3. The smallest absolute Gasteiger partial charge is 0.115 e. The molecule has 4 unspecified atom stereocenters. The molecule has 26 heavy (non-hydrogen) atoms. The van der Waals surface area contributed by atoms with Crippen LogP contribution in [0, 0.1) is 5.92 Å². The lowest BCUT2D eigenvalue weighted by Crippen LogP contribution is -2.66. The van der Waals surface area contributed by atoms with E-state index in [4.69, 9.17) is 5.73 Å². The molecule has 0 bridgehead atoms. The standard InChI is InChI=1S/C23H29NO2/c1-3-22-15-21(2,24)23(26,17-7-5-4-6-8-17)14-18(22)10-9-16-13-19(25)11-12-20(16)22/h4-8,11-13,18,25-26H,3,9-10,14-15,24H2,1-2H3. The van der Waals surface area contributed by atoms with Gasteiger partial charge < -0.3 is 15.9 Å². The summed E-state index contributed by atoms with van der Waals surface area (Å²) in [6, 6.07) is 15.7. The fraction of sp³-hybridized carbons (Fsp3) is 0.478. The first-order chi connectivity index (χ1) is 12.3. The zero-order valence-electron chi connectivity index (χ0n) is 15.7. The lowest BCUT2D eigenvalue weighted by atomic mass is 9.48. The third kappa shape index (κ3) is 2.34. The third-order valence-corrected chi connectivity index (χ3v) is 7.22. The molecule has 4 atom stereocenters. The minimum atomic E-state index is -1.02. The van der Waals surface area contributed by atoms with E-state index in [9.17, 15) is 10.2 Å². The molecule has 0 amide bonds. The number of hydrogen-bond donors (Lipinski definition) is 3. The summed E-state index contributed by atoms with van der Waals surface area (Å²) in [7, 11) is 0. The molecule has 4 N–H and O–H groups in total. The quantitative estimate of drug-likeness (QED) is 0.766. The summed E-state index contributed by atoms with van der Waals surface area (Å²) in [6.07, 6.45) is 4.38. The molecule has 0 radical (unpaired) electrons. The normalized spacial score (nSPS) is 36.2. The summed E-state index contributed by atoms with van der Waals surface area (Å²) in [5, 5.41) is 21.7. The first kappa shape index (κ1) is 17.6. The van der Waals surface area contributed by atoms with Crippen LogP contribution in [0.5, 0.6) is 5.75 Å². The highest BCUT2D eigenvalue weighted by molar-refractivity contribution is 5.45. The van der Waals surface area contributed by atoms with Crippen LogP contribution in [0.3, 0.4) is 0 Å². The zero-order chi connectivity index (χ0) is 18.6. The summed E-state index contributed by atoms with van der Waals surface area (Å²) in [6.45, 7) is 4.24. The van der Waals surface area contributed by atoms with Crippen molar-refractivity contribution in [3.05, 3.63) is 65.2 Å². The van der Waals surface area contributed by atoms with Crippen molar-refractivity contribution in [2.24, 2.45) is 11.7 Å². The molecule has 1 saturated carbocycles. The average Bonchev–Trinajstić information content (AvgIpc) is 2.63. The molecule has 0 saturated heterocycles. The van der Waals surface area contributed by atoms with E-state index in [1.807, 2.05) is 43.3 Å². The Labute approximate surface area is 155 Å². The van der Waals surface area contributed by atoms with Crippen molar-refractivity contribution >= 4 is 0 Å². The Morgan fingerprint density at radius 1 is 1.15 bits per heavy atom. The van der Waals surface area contributed by atoms with Gasteiger partial charge >= 0.3 is 0 Å². The van der Waals surface area contributed by atoms with Gasteiger partial charge in [-0.05, 0) is 73.8 Å². The lowest BCUT2D eigenvalue weighted by Gasteiger charge is -2.59. The number of aromatic hydroxyl groups is 1. The van der Waals surface area contributed by atoms with E-state index >= 15 is 0 Å². The van der Waals surface area contributed by atoms with Crippen molar-refractivity contribution in [1.82, 2.24) is 0 Å². The maximum absolute atomic E-state index is 11.7. The average molecular weight is 351 g/mol. The fourth-order valence-corrected chi connectivity index (χ4v) is 5.79. The van der Waals surface area contributed by atoms with Crippen molar-refractivity contribution < 1.29 is 10.2 Å². The van der Waals surface area contributed by atoms with Gasteiger partial charge in [-0.2, -0.15) is 0 Å². The first-order valence-electron chi connectivity index (χ1n) is 9.71. The fourth-order valence-electron chi connectivity index (χ4n) is 5.79. The summed E-state index contributed by atoms with van der Waals surface area (Å²) < 4.78 is 0.